The van der Waals surface area contributed by atoms with E-state index in [1.54, 1.807) is 0 Å². The van der Waals surface area contributed by atoms with Crippen LogP contribution < -0.4 is 10.6 Å². The smallest absolute Gasteiger partial charge is 0.0249 e. The third kappa shape index (κ3) is 5.66. The molecule has 0 bridgehead atoms. The van der Waals surface area contributed by atoms with Gasteiger partial charge in [-0.2, -0.15) is 0 Å². The van der Waals surface area contributed by atoms with Gasteiger partial charge in [-0.1, -0.05) is 48.0 Å². The van der Waals surface area contributed by atoms with Crippen LogP contribution in [0.15, 0.2) is 22.7 Å². The molecule has 2 N–H and O–H groups in total. The van der Waals surface area contributed by atoms with Crippen molar-refractivity contribution in [2.45, 2.75) is 39.8 Å². The summed E-state index contributed by atoms with van der Waals surface area (Å²) < 4.78 is 1.23. The van der Waals surface area contributed by atoms with Crippen molar-refractivity contribution in [3.05, 3.63) is 33.8 Å². The monoisotopic (exact) mass is 298 g/mol. The summed E-state index contributed by atoms with van der Waals surface area (Å²) >= 11 is 3.63. The quantitative estimate of drug-likeness (QED) is 0.755. The van der Waals surface area contributed by atoms with Crippen molar-refractivity contribution in [2.24, 2.45) is 0 Å². The highest BCUT2D eigenvalue weighted by molar-refractivity contribution is 9.10. The fourth-order valence-electron chi connectivity index (χ4n) is 1.67. The lowest BCUT2D eigenvalue weighted by Gasteiger charge is -2.10. The SMILES string of the molecule is Cc1cccc(CNCCCNC(C)C)c1Br. The topological polar surface area (TPSA) is 24.1 Å². The van der Waals surface area contributed by atoms with Gasteiger partial charge in [-0.3, -0.25) is 0 Å². The number of benzene rings is 1. The number of hydrogen-bond acceptors (Lipinski definition) is 2. The van der Waals surface area contributed by atoms with Gasteiger partial charge < -0.3 is 10.6 Å². The van der Waals surface area contributed by atoms with Gasteiger partial charge in [0, 0.05) is 17.1 Å². The fourth-order valence-corrected chi connectivity index (χ4v) is 2.08. The van der Waals surface area contributed by atoms with Crippen LogP contribution in [-0.4, -0.2) is 19.1 Å². The molecule has 96 valence electrons. The molecule has 0 saturated carbocycles. The maximum atomic E-state index is 3.63. The summed E-state index contributed by atoms with van der Waals surface area (Å²) in [5.41, 5.74) is 2.63. The predicted octanol–water partition coefficient (Wildman–Crippen LogP) is 3.24. The molecule has 0 spiro atoms. The average Bonchev–Trinajstić information content (AvgIpc) is 2.28. The predicted molar refractivity (Wildman–Crippen MR) is 78.3 cm³/mol. The molecule has 0 aliphatic heterocycles. The number of halogens is 1. The first-order valence-corrected chi connectivity index (χ1v) is 7.08. The van der Waals surface area contributed by atoms with Gasteiger partial charge in [0.05, 0.1) is 0 Å². The van der Waals surface area contributed by atoms with Crippen LogP contribution in [0.2, 0.25) is 0 Å². The lowest BCUT2D eigenvalue weighted by molar-refractivity contribution is 0.547. The molecule has 1 aromatic rings. The van der Waals surface area contributed by atoms with E-state index in [4.69, 9.17) is 0 Å². The number of rotatable bonds is 7. The molecule has 0 aromatic heterocycles. The molecule has 0 atom stereocenters. The van der Waals surface area contributed by atoms with Crippen LogP contribution in [0.3, 0.4) is 0 Å². The van der Waals surface area contributed by atoms with Crippen molar-refractivity contribution in [3.8, 4) is 0 Å². The normalized spacial score (nSPS) is 11.1. The van der Waals surface area contributed by atoms with Gasteiger partial charge in [-0.15, -0.1) is 0 Å². The van der Waals surface area contributed by atoms with Crippen molar-refractivity contribution in [2.75, 3.05) is 13.1 Å². The summed E-state index contributed by atoms with van der Waals surface area (Å²) in [7, 11) is 0. The lowest BCUT2D eigenvalue weighted by Crippen LogP contribution is -2.26. The molecule has 0 saturated heterocycles. The molecule has 0 fully saturated rings. The van der Waals surface area contributed by atoms with E-state index in [0.717, 1.165) is 19.6 Å². The Hall–Kier alpha value is -0.380. The van der Waals surface area contributed by atoms with Crippen molar-refractivity contribution >= 4 is 15.9 Å². The van der Waals surface area contributed by atoms with Crippen molar-refractivity contribution in [1.29, 1.82) is 0 Å². The standard InChI is InChI=1S/C14H23BrN2/c1-11(2)17-9-5-8-16-10-13-7-4-6-12(3)14(13)15/h4,6-7,11,16-17H,5,8-10H2,1-3H3. The molecular formula is C14H23BrN2. The summed E-state index contributed by atoms with van der Waals surface area (Å²) in [6, 6.07) is 6.98. The zero-order valence-electron chi connectivity index (χ0n) is 11.0. The molecule has 1 rings (SSSR count). The van der Waals surface area contributed by atoms with E-state index in [1.807, 2.05) is 0 Å². The van der Waals surface area contributed by atoms with E-state index in [2.05, 4.69) is 65.5 Å². The number of nitrogens with one attached hydrogen (secondary N) is 2. The Morgan fingerprint density at radius 3 is 2.71 bits per heavy atom. The van der Waals surface area contributed by atoms with Crippen LogP contribution in [0.4, 0.5) is 0 Å². The van der Waals surface area contributed by atoms with Gasteiger partial charge in [-0.05, 0) is 37.6 Å². The van der Waals surface area contributed by atoms with Crippen molar-refractivity contribution in [1.82, 2.24) is 10.6 Å². The van der Waals surface area contributed by atoms with Gasteiger partial charge >= 0.3 is 0 Å². The molecule has 0 aliphatic carbocycles. The van der Waals surface area contributed by atoms with Crippen molar-refractivity contribution < 1.29 is 0 Å². The maximum Gasteiger partial charge on any atom is 0.0249 e. The Balaban J connectivity index is 2.20. The van der Waals surface area contributed by atoms with Gasteiger partial charge in [-0.25, -0.2) is 0 Å². The fraction of sp³-hybridized carbons (Fsp3) is 0.571. The highest BCUT2D eigenvalue weighted by Crippen LogP contribution is 2.20. The molecule has 0 aliphatic rings. The third-order valence-electron chi connectivity index (χ3n) is 2.67. The zero-order chi connectivity index (χ0) is 12.7. The van der Waals surface area contributed by atoms with Crippen molar-refractivity contribution in [3.63, 3.8) is 0 Å². The molecular weight excluding hydrogens is 276 g/mol. The lowest BCUT2D eigenvalue weighted by atomic mass is 10.1. The Bertz CT molecular complexity index is 337. The van der Waals surface area contributed by atoms with E-state index in [-0.39, 0.29) is 0 Å². The molecule has 0 unspecified atom stereocenters. The number of aryl methyl sites for hydroxylation is 1. The minimum atomic E-state index is 0.584. The Morgan fingerprint density at radius 1 is 1.24 bits per heavy atom. The minimum absolute atomic E-state index is 0.584. The van der Waals surface area contributed by atoms with Crippen LogP contribution in [-0.2, 0) is 6.54 Å². The van der Waals surface area contributed by atoms with Gasteiger partial charge in [0.25, 0.3) is 0 Å². The molecule has 2 nitrogen and oxygen atoms in total. The third-order valence-corrected chi connectivity index (χ3v) is 3.80. The van der Waals surface area contributed by atoms with Gasteiger partial charge in [0.1, 0.15) is 0 Å². The summed E-state index contributed by atoms with van der Waals surface area (Å²) in [5.74, 6) is 0. The molecule has 0 heterocycles. The van der Waals surface area contributed by atoms with Crippen LogP contribution in [0.1, 0.15) is 31.4 Å². The van der Waals surface area contributed by atoms with E-state index in [9.17, 15) is 0 Å². The average molecular weight is 299 g/mol. The van der Waals surface area contributed by atoms with Crippen LogP contribution in [0, 0.1) is 6.92 Å². The minimum Gasteiger partial charge on any atom is -0.314 e. The van der Waals surface area contributed by atoms with Crippen LogP contribution in [0.25, 0.3) is 0 Å². The Kier molecular flexibility index (Phi) is 6.78. The van der Waals surface area contributed by atoms with Gasteiger partial charge in [0.2, 0.25) is 0 Å². The first-order valence-electron chi connectivity index (χ1n) is 6.29. The van der Waals surface area contributed by atoms with Gasteiger partial charge in [0.15, 0.2) is 0 Å². The van der Waals surface area contributed by atoms with E-state index >= 15 is 0 Å². The molecule has 1 aromatic carbocycles. The zero-order valence-corrected chi connectivity index (χ0v) is 12.6. The molecule has 0 radical (unpaired) electrons. The van der Waals surface area contributed by atoms with Crippen LogP contribution >= 0.6 is 15.9 Å². The first-order chi connectivity index (χ1) is 8.11. The summed E-state index contributed by atoms with van der Waals surface area (Å²) in [6.07, 6.45) is 1.17. The second-order valence-electron chi connectivity index (χ2n) is 4.69. The first kappa shape index (κ1) is 14.7. The van der Waals surface area contributed by atoms with E-state index < -0.39 is 0 Å². The summed E-state index contributed by atoms with van der Waals surface area (Å²) in [6.45, 7) is 9.55. The summed E-state index contributed by atoms with van der Waals surface area (Å²) in [4.78, 5) is 0. The highest BCUT2D eigenvalue weighted by atomic mass is 79.9. The second-order valence-corrected chi connectivity index (χ2v) is 5.48. The molecule has 3 heteroatoms. The second kappa shape index (κ2) is 7.85. The van der Waals surface area contributed by atoms with E-state index in [1.165, 1.54) is 22.0 Å². The summed E-state index contributed by atoms with van der Waals surface area (Å²) in [5, 5.41) is 6.89. The number of hydrogen-bond donors (Lipinski definition) is 2. The molecule has 0 amide bonds. The Morgan fingerprint density at radius 2 is 2.00 bits per heavy atom. The molecule has 17 heavy (non-hydrogen) atoms. The highest BCUT2D eigenvalue weighted by Gasteiger charge is 2.01. The van der Waals surface area contributed by atoms with E-state index in [0.29, 0.717) is 6.04 Å². The maximum absolute atomic E-state index is 3.63. The Labute approximate surface area is 113 Å². The largest absolute Gasteiger partial charge is 0.314 e. The van der Waals surface area contributed by atoms with Crippen LogP contribution in [0.5, 0.6) is 0 Å².